The summed E-state index contributed by atoms with van der Waals surface area (Å²) >= 11 is 1.38. The molecule has 1 aliphatic rings. The monoisotopic (exact) mass is 404 g/mol. The van der Waals surface area contributed by atoms with Crippen molar-refractivity contribution in [2.24, 2.45) is 0 Å². The van der Waals surface area contributed by atoms with Gasteiger partial charge in [0.05, 0.1) is 17.0 Å². The molecule has 1 heterocycles. The molecule has 1 aliphatic carbocycles. The largest absolute Gasteiger partial charge is 0.462 e. The number of esters is 1. The lowest BCUT2D eigenvalue weighted by molar-refractivity contribution is 0.0491. The number of benzene rings is 2. The first-order valence-electron chi connectivity index (χ1n) is 9.13. The number of Topliss-reactive ketones (excluding diaryl/α,β-unsaturated/α-hetero) is 1. The van der Waals surface area contributed by atoms with E-state index in [1.54, 1.807) is 42.5 Å². The van der Waals surface area contributed by atoms with Crippen LogP contribution < -0.4 is 0 Å². The van der Waals surface area contributed by atoms with E-state index in [1.807, 2.05) is 11.4 Å². The van der Waals surface area contributed by atoms with Gasteiger partial charge in [0, 0.05) is 28.7 Å². The van der Waals surface area contributed by atoms with Gasteiger partial charge in [-0.25, -0.2) is 4.79 Å². The molecule has 0 radical (unpaired) electrons. The summed E-state index contributed by atoms with van der Waals surface area (Å²) < 4.78 is 5.28. The van der Waals surface area contributed by atoms with Gasteiger partial charge < -0.3 is 4.74 Å². The highest BCUT2D eigenvalue weighted by Gasteiger charge is 2.33. The van der Waals surface area contributed by atoms with Gasteiger partial charge >= 0.3 is 5.97 Å². The minimum absolute atomic E-state index is 0.00511. The number of carbonyl (C=O) groups is 4. The van der Waals surface area contributed by atoms with Crippen molar-refractivity contribution in [3.05, 3.63) is 92.7 Å². The van der Waals surface area contributed by atoms with Gasteiger partial charge in [0.2, 0.25) is 0 Å². The molecule has 144 valence electrons. The third-order valence-electron chi connectivity index (χ3n) is 4.75. The average Bonchev–Trinajstić information content (AvgIpc) is 3.29. The van der Waals surface area contributed by atoms with Crippen molar-refractivity contribution in [1.29, 1.82) is 0 Å². The number of ether oxygens (including phenoxy) is 1. The Morgan fingerprint density at radius 1 is 0.828 bits per heavy atom. The number of thiophene rings is 1. The average molecular weight is 404 g/mol. The molecule has 0 atom stereocenters. The second kappa shape index (κ2) is 7.93. The van der Waals surface area contributed by atoms with Crippen molar-refractivity contribution in [2.75, 3.05) is 6.61 Å². The van der Waals surface area contributed by atoms with Gasteiger partial charge in [-0.05, 0) is 23.9 Å². The number of ketones is 3. The summed E-state index contributed by atoms with van der Waals surface area (Å²) in [5.74, 6) is -1.32. The van der Waals surface area contributed by atoms with Gasteiger partial charge in [0.1, 0.15) is 0 Å². The van der Waals surface area contributed by atoms with Crippen molar-refractivity contribution in [1.82, 2.24) is 0 Å². The van der Waals surface area contributed by atoms with Crippen LogP contribution in [0.15, 0.2) is 60.0 Å². The molecule has 0 saturated carbocycles. The molecule has 29 heavy (non-hydrogen) atoms. The van der Waals surface area contributed by atoms with Crippen molar-refractivity contribution in [3.8, 4) is 0 Å². The Hall–Kier alpha value is -3.38. The highest BCUT2D eigenvalue weighted by Crippen LogP contribution is 2.29. The van der Waals surface area contributed by atoms with Gasteiger partial charge in [-0.2, -0.15) is 0 Å². The first-order valence-corrected chi connectivity index (χ1v) is 10.0. The van der Waals surface area contributed by atoms with Crippen LogP contribution in [-0.2, 0) is 4.74 Å². The zero-order chi connectivity index (χ0) is 20.4. The summed E-state index contributed by atoms with van der Waals surface area (Å²) in [5.41, 5.74) is 0.973. The molecular weight excluding hydrogens is 388 g/mol. The Morgan fingerprint density at radius 2 is 1.55 bits per heavy atom. The topological polar surface area (TPSA) is 77.5 Å². The van der Waals surface area contributed by atoms with E-state index in [9.17, 15) is 19.2 Å². The zero-order valence-electron chi connectivity index (χ0n) is 15.3. The molecule has 1 aromatic heterocycles. The van der Waals surface area contributed by atoms with E-state index >= 15 is 0 Å². The molecule has 0 N–H and O–H groups in total. The van der Waals surface area contributed by atoms with Gasteiger partial charge in [-0.15, -0.1) is 11.3 Å². The second-order valence-electron chi connectivity index (χ2n) is 6.57. The summed E-state index contributed by atoms with van der Waals surface area (Å²) in [5, 5.41) is 1.84. The molecule has 0 amide bonds. The Bertz CT molecular complexity index is 1130. The quantitative estimate of drug-likeness (QED) is 0.271. The molecule has 0 saturated heterocycles. The molecule has 6 heteroatoms. The molecular formula is C23H16O5S. The molecule has 0 spiro atoms. The standard InChI is InChI=1S/C23H16O5S/c24-18(19-11-5-13-29-19)10-4-12-28-23(27)17-9-3-8-16-20(17)22(26)15-7-2-1-6-14(15)21(16)25/h1-3,5-9,11,13H,4,10,12H2. The maximum Gasteiger partial charge on any atom is 0.338 e. The van der Waals surface area contributed by atoms with E-state index < -0.39 is 5.97 Å². The van der Waals surface area contributed by atoms with Crippen LogP contribution in [0.4, 0.5) is 0 Å². The molecule has 4 rings (SSSR count). The van der Waals surface area contributed by atoms with Crippen LogP contribution in [0.5, 0.6) is 0 Å². The molecule has 0 aliphatic heterocycles. The van der Waals surface area contributed by atoms with E-state index in [-0.39, 0.29) is 52.6 Å². The highest BCUT2D eigenvalue weighted by molar-refractivity contribution is 7.12. The maximum absolute atomic E-state index is 12.9. The van der Waals surface area contributed by atoms with Crippen LogP contribution in [0.2, 0.25) is 0 Å². The fraction of sp³-hybridized carbons (Fsp3) is 0.130. The fourth-order valence-electron chi connectivity index (χ4n) is 3.35. The molecule has 0 fully saturated rings. The third kappa shape index (κ3) is 3.54. The summed E-state index contributed by atoms with van der Waals surface area (Å²) in [6.45, 7) is 0.0539. The lowest BCUT2D eigenvalue weighted by atomic mass is 9.82. The molecule has 2 aromatic carbocycles. The number of fused-ring (bicyclic) bond motifs is 2. The molecule has 0 unspecified atom stereocenters. The minimum Gasteiger partial charge on any atom is -0.462 e. The molecule has 3 aromatic rings. The minimum atomic E-state index is -0.675. The molecule has 0 bridgehead atoms. The van der Waals surface area contributed by atoms with Crippen LogP contribution in [-0.4, -0.2) is 29.9 Å². The normalized spacial score (nSPS) is 12.3. The van der Waals surface area contributed by atoms with Crippen LogP contribution in [0.1, 0.15) is 64.7 Å². The van der Waals surface area contributed by atoms with Crippen molar-refractivity contribution < 1.29 is 23.9 Å². The third-order valence-corrected chi connectivity index (χ3v) is 5.66. The van der Waals surface area contributed by atoms with Crippen LogP contribution in [0, 0.1) is 0 Å². The Balaban J connectivity index is 1.48. The Morgan fingerprint density at radius 3 is 2.28 bits per heavy atom. The fourth-order valence-corrected chi connectivity index (χ4v) is 4.05. The zero-order valence-corrected chi connectivity index (χ0v) is 16.2. The maximum atomic E-state index is 12.9. The number of hydrogen-bond donors (Lipinski definition) is 0. The Labute approximate surface area is 170 Å². The second-order valence-corrected chi connectivity index (χ2v) is 7.52. The van der Waals surface area contributed by atoms with E-state index in [0.29, 0.717) is 16.9 Å². The van der Waals surface area contributed by atoms with Crippen molar-refractivity contribution in [2.45, 2.75) is 12.8 Å². The SMILES string of the molecule is O=C(CCCOC(=O)c1cccc2c1C(=O)c1ccccc1C2=O)c1cccs1. The number of carbonyl (C=O) groups excluding carboxylic acids is 4. The predicted octanol–water partition coefficient (Wildman–Crippen LogP) is 4.34. The van der Waals surface area contributed by atoms with Gasteiger partial charge in [-0.3, -0.25) is 14.4 Å². The van der Waals surface area contributed by atoms with Gasteiger partial charge in [0.15, 0.2) is 17.3 Å². The van der Waals surface area contributed by atoms with Crippen LogP contribution in [0.25, 0.3) is 0 Å². The summed E-state index contributed by atoms with van der Waals surface area (Å²) in [6, 6.07) is 14.7. The first-order chi connectivity index (χ1) is 14.1. The summed E-state index contributed by atoms with van der Waals surface area (Å²) in [7, 11) is 0. The highest BCUT2D eigenvalue weighted by atomic mass is 32.1. The van der Waals surface area contributed by atoms with Crippen molar-refractivity contribution in [3.63, 3.8) is 0 Å². The van der Waals surface area contributed by atoms with Crippen LogP contribution in [0.3, 0.4) is 0 Å². The smallest absolute Gasteiger partial charge is 0.338 e. The Kier molecular flexibility index (Phi) is 5.18. The van der Waals surface area contributed by atoms with Crippen LogP contribution >= 0.6 is 11.3 Å². The van der Waals surface area contributed by atoms with E-state index in [4.69, 9.17) is 4.74 Å². The molecule has 5 nitrogen and oxygen atoms in total. The summed E-state index contributed by atoms with van der Waals surface area (Å²) in [6.07, 6.45) is 0.651. The van der Waals surface area contributed by atoms with E-state index in [0.717, 1.165) is 0 Å². The van der Waals surface area contributed by atoms with Gasteiger partial charge in [0.25, 0.3) is 0 Å². The lowest BCUT2D eigenvalue weighted by Gasteiger charge is -2.19. The number of rotatable bonds is 6. The first kappa shape index (κ1) is 19.0. The van der Waals surface area contributed by atoms with Gasteiger partial charge in [-0.1, -0.05) is 42.5 Å². The summed E-state index contributed by atoms with van der Waals surface area (Å²) in [4.78, 5) is 50.9. The van der Waals surface area contributed by atoms with Crippen molar-refractivity contribution >= 4 is 34.7 Å². The lowest BCUT2D eigenvalue weighted by Crippen LogP contribution is -2.24. The predicted molar refractivity (Wildman–Crippen MR) is 108 cm³/mol. The number of hydrogen-bond acceptors (Lipinski definition) is 6. The van der Waals surface area contributed by atoms with E-state index in [1.165, 1.54) is 17.4 Å². The van der Waals surface area contributed by atoms with E-state index in [2.05, 4.69) is 0 Å².